The van der Waals surface area contributed by atoms with E-state index in [2.05, 4.69) is 9.82 Å². The van der Waals surface area contributed by atoms with Crippen LogP contribution in [0, 0.1) is 13.8 Å². The molecule has 7 heteroatoms. The van der Waals surface area contributed by atoms with Crippen LogP contribution in [0.2, 0.25) is 0 Å². The predicted octanol–water partition coefficient (Wildman–Crippen LogP) is 1.74. The van der Waals surface area contributed by atoms with Crippen LogP contribution in [-0.4, -0.2) is 43.2 Å². The molecule has 6 nitrogen and oxygen atoms in total. The van der Waals surface area contributed by atoms with Crippen molar-refractivity contribution in [1.82, 2.24) is 14.5 Å². The zero-order chi connectivity index (χ0) is 17.2. The third-order valence-electron chi connectivity index (χ3n) is 4.23. The van der Waals surface area contributed by atoms with Crippen molar-refractivity contribution >= 4 is 10.0 Å². The smallest absolute Gasteiger partial charge is 0.216 e. The second-order valence-corrected chi connectivity index (χ2v) is 8.23. The normalized spacial score (nSPS) is 18.2. The summed E-state index contributed by atoms with van der Waals surface area (Å²) in [7, 11) is -3.27. The zero-order valence-electron chi connectivity index (χ0n) is 14.0. The monoisotopic (exact) mass is 349 g/mol. The fourth-order valence-electron chi connectivity index (χ4n) is 2.91. The number of hydrogen-bond donors (Lipinski definition) is 1. The van der Waals surface area contributed by atoms with Crippen molar-refractivity contribution in [3.05, 3.63) is 47.3 Å². The second-order valence-electron chi connectivity index (χ2n) is 6.18. The Bertz CT molecular complexity index is 791. The van der Waals surface area contributed by atoms with Gasteiger partial charge >= 0.3 is 0 Å². The van der Waals surface area contributed by atoms with Crippen LogP contribution < -0.4 is 4.72 Å². The van der Waals surface area contributed by atoms with Crippen molar-refractivity contribution in [3.63, 3.8) is 0 Å². The highest BCUT2D eigenvalue weighted by Crippen LogP contribution is 2.14. The van der Waals surface area contributed by atoms with E-state index in [4.69, 9.17) is 4.74 Å². The first-order valence-electron chi connectivity index (χ1n) is 8.14. The Morgan fingerprint density at radius 3 is 2.62 bits per heavy atom. The SMILES string of the molecule is Cc1cc(C)n(-c2ccc(CCNS(=O)(=O)C3CCOC3)cc2)n1. The molecule has 3 rings (SSSR count). The molecule has 0 radical (unpaired) electrons. The lowest BCUT2D eigenvalue weighted by Crippen LogP contribution is -2.35. The second kappa shape index (κ2) is 7.04. The molecular formula is C17H23N3O3S. The van der Waals surface area contributed by atoms with E-state index in [-0.39, 0.29) is 0 Å². The van der Waals surface area contributed by atoms with Crippen molar-refractivity contribution in [1.29, 1.82) is 0 Å². The molecule has 0 bridgehead atoms. The number of aromatic nitrogens is 2. The van der Waals surface area contributed by atoms with Crippen LogP contribution in [0.25, 0.3) is 5.69 Å². The van der Waals surface area contributed by atoms with Gasteiger partial charge in [-0.1, -0.05) is 12.1 Å². The minimum atomic E-state index is -3.27. The van der Waals surface area contributed by atoms with Gasteiger partial charge in [-0.2, -0.15) is 5.10 Å². The maximum Gasteiger partial charge on any atom is 0.216 e. The maximum atomic E-state index is 12.1. The van der Waals surface area contributed by atoms with Crippen molar-refractivity contribution in [2.24, 2.45) is 0 Å². The van der Waals surface area contributed by atoms with Crippen LogP contribution in [0.15, 0.2) is 30.3 Å². The summed E-state index contributed by atoms with van der Waals surface area (Å²) in [6, 6.07) is 10.1. The molecule has 1 aromatic carbocycles. The Hall–Kier alpha value is -1.70. The van der Waals surface area contributed by atoms with Crippen LogP contribution in [0.4, 0.5) is 0 Å². The lowest BCUT2D eigenvalue weighted by atomic mass is 10.1. The van der Waals surface area contributed by atoms with Crippen molar-refractivity contribution in [2.45, 2.75) is 31.9 Å². The van der Waals surface area contributed by atoms with Crippen LogP contribution in [0.1, 0.15) is 23.4 Å². The van der Waals surface area contributed by atoms with Gasteiger partial charge in [-0.3, -0.25) is 0 Å². The van der Waals surface area contributed by atoms with E-state index < -0.39 is 15.3 Å². The Balaban J connectivity index is 1.58. The topological polar surface area (TPSA) is 73.2 Å². The highest BCUT2D eigenvalue weighted by molar-refractivity contribution is 7.90. The molecule has 1 atom stereocenters. The van der Waals surface area contributed by atoms with Gasteiger partial charge < -0.3 is 4.74 Å². The molecule has 1 aromatic heterocycles. The minimum absolute atomic E-state index is 0.298. The van der Waals surface area contributed by atoms with Crippen molar-refractivity contribution in [2.75, 3.05) is 19.8 Å². The molecule has 130 valence electrons. The van der Waals surface area contributed by atoms with Gasteiger partial charge in [-0.15, -0.1) is 0 Å². The van der Waals surface area contributed by atoms with Gasteiger partial charge in [0.1, 0.15) is 5.25 Å². The fraction of sp³-hybridized carbons (Fsp3) is 0.471. The zero-order valence-corrected chi connectivity index (χ0v) is 14.8. The van der Waals surface area contributed by atoms with E-state index in [0.717, 1.165) is 22.6 Å². The van der Waals surface area contributed by atoms with Gasteiger partial charge in [0.15, 0.2) is 0 Å². The first-order chi connectivity index (χ1) is 11.5. The summed E-state index contributed by atoms with van der Waals surface area (Å²) in [4.78, 5) is 0. The van der Waals surface area contributed by atoms with Gasteiger partial charge in [0.05, 0.1) is 18.0 Å². The lowest BCUT2D eigenvalue weighted by Gasteiger charge is -2.11. The first kappa shape index (κ1) is 17.1. The Labute approximate surface area is 142 Å². The van der Waals surface area contributed by atoms with Crippen molar-refractivity contribution < 1.29 is 13.2 Å². The molecule has 0 aliphatic carbocycles. The summed E-state index contributed by atoms with van der Waals surface area (Å²) in [5.74, 6) is 0. The molecule has 0 amide bonds. The van der Waals surface area contributed by atoms with Gasteiger partial charge in [-0.05, 0) is 50.5 Å². The third kappa shape index (κ3) is 3.85. The summed E-state index contributed by atoms with van der Waals surface area (Å²) in [5, 5.41) is 4.05. The van der Waals surface area contributed by atoms with Gasteiger partial charge in [-0.25, -0.2) is 17.8 Å². The molecule has 2 aromatic rings. The molecule has 0 saturated carbocycles. The Kier molecular flexibility index (Phi) is 5.03. The first-order valence-corrected chi connectivity index (χ1v) is 9.69. The highest BCUT2D eigenvalue weighted by atomic mass is 32.2. The Morgan fingerprint density at radius 2 is 2.04 bits per heavy atom. The molecule has 24 heavy (non-hydrogen) atoms. The third-order valence-corrected chi connectivity index (χ3v) is 6.09. The summed E-state index contributed by atoms with van der Waals surface area (Å²) in [6.45, 7) is 5.22. The molecule has 1 unspecified atom stereocenters. The average Bonchev–Trinajstić information content (AvgIpc) is 3.18. The fourth-order valence-corrected chi connectivity index (χ4v) is 4.21. The molecule has 1 N–H and O–H groups in total. The van der Waals surface area contributed by atoms with E-state index in [1.807, 2.05) is 48.9 Å². The van der Waals surface area contributed by atoms with Gasteiger partial charge in [0, 0.05) is 18.8 Å². The average molecular weight is 349 g/mol. The van der Waals surface area contributed by atoms with Crippen LogP contribution >= 0.6 is 0 Å². The number of ether oxygens (including phenoxy) is 1. The van der Waals surface area contributed by atoms with E-state index in [0.29, 0.717) is 32.6 Å². The van der Waals surface area contributed by atoms with Crippen molar-refractivity contribution in [3.8, 4) is 5.69 Å². The number of hydrogen-bond acceptors (Lipinski definition) is 4. The van der Waals surface area contributed by atoms with E-state index in [1.165, 1.54) is 0 Å². The molecule has 0 spiro atoms. The standard InChI is InChI=1S/C17H23N3O3S/c1-13-11-14(2)20(19-13)16-5-3-15(4-6-16)7-9-18-24(21,22)17-8-10-23-12-17/h3-6,11,17-18H,7-10,12H2,1-2H3. The molecule has 1 fully saturated rings. The predicted molar refractivity (Wildman–Crippen MR) is 92.9 cm³/mol. The number of nitrogens with one attached hydrogen (secondary N) is 1. The number of aryl methyl sites for hydroxylation is 2. The van der Waals surface area contributed by atoms with E-state index in [1.54, 1.807) is 0 Å². The molecule has 1 saturated heterocycles. The Morgan fingerprint density at radius 1 is 1.29 bits per heavy atom. The van der Waals surface area contributed by atoms with Gasteiger partial charge in [0.2, 0.25) is 10.0 Å². The summed E-state index contributed by atoms with van der Waals surface area (Å²) >= 11 is 0. The number of nitrogens with zero attached hydrogens (tertiary/aromatic N) is 2. The minimum Gasteiger partial charge on any atom is -0.380 e. The molecule has 1 aliphatic heterocycles. The number of benzene rings is 1. The lowest BCUT2D eigenvalue weighted by molar-refractivity contribution is 0.198. The molecular weight excluding hydrogens is 326 g/mol. The van der Waals surface area contributed by atoms with Gasteiger partial charge in [0.25, 0.3) is 0 Å². The molecule has 2 heterocycles. The maximum absolute atomic E-state index is 12.1. The number of sulfonamides is 1. The summed E-state index contributed by atoms with van der Waals surface area (Å²) in [6.07, 6.45) is 1.23. The van der Waals surface area contributed by atoms with E-state index in [9.17, 15) is 8.42 Å². The van der Waals surface area contributed by atoms with Crippen LogP contribution in [0.5, 0.6) is 0 Å². The quantitative estimate of drug-likeness (QED) is 0.862. The molecule has 1 aliphatic rings. The highest BCUT2D eigenvalue weighted by Gasteiger charge is 2.28. The number of rotatable bonds is 6. The summed E-state index contributed by atoms with van der Waals surface area (Å²) < 4.78 is 33.9. The van der Waals surface area contributed by atoms with Crippen LogP contribution in [0.3, 0.4) is 0 Å². The van der Waals surface area contributed by atoms with Crippen LogP contribution in [-0.2, 0) is 21.2 Å². The van der Waals surface area contributed by atoms with E-state index >= 15 is 0 Å². The summed E-state index contributed by atoms with van der Waals surface area (Å²) in [5.41, 5.74) is 4.17. The largest absolute Gasteiger partial charge is 0.380 e.